The highest BCUT2D eigenvalue weighted by atomic mass is 16.2. The van der Waals surface area contributed by atoms with Crippen LogP contribution < -0.4 is 11.1 Å². The van der Waals surface area contributed by atoms with Gasteiger partial charge in [0.25, 0.3) is 0 Å². The summed E-state index contributed by atoms with van der Waals surface area (Å²) < 4.78 is 0. The number of rotatable bonds is 8. The van der Waals surface area contributed by atoms with Gasteiger partial charge in [0.05, 0.1) is 0 Å². The van der Waals surface area contributed by atoms with E-state index in [4.69, 9.17) is 5.73 Å². The number of nitrogens with zero attached hydrogens (tertiary/aromatic N) is 4. The zero-order valence-corrected chi connectivity index (χ0v) is 15.6. The molecule has 3 aromatic rings. The summed E-state index contributed by atoms with van der Waals surface area (Å²) in [5.74, 6) is -0.296. The van der Waals surface area contributed by atoms with Crippen LogP contribution in [0.15, 0.2) is 54.6 Å². The topological polar surface area (TPSA) is 116 Å². The summed E-state index contributed by atoms with van der Waals surface area (Å²) in [5, 5.41) is 15.0. The Morgan fingerprint density at radius 1 is 1.11 bits per heavy atom. The molecule has 0 aliphatic heterocycles. The van der Waals surface area contributed by atoms with Crippen molar-refractivity contribution in [2.75, 3.05) is 0 Å². The van der Waals surface area contributed by atoms with Crippen molar-refractivity contribution in [2.24, 2.45) is 5.73 Å². The molecule has 144 valence electrons. The van der Waals surface area contributed by atoms with Crippen LogP contribution in [-0.2, 0) is 17.8 Å². The number of benzene rings is 2. The van der Waals surface area contributed by atoms with Crippen LogP contribution in [0.2, 0.25) is 0 Å². The lowest BCUT2D eigenvalue weighted by molar-refractivity contribution is -0.122. The number of aromatic nitrogens is 4. The molecule has 28 heavy (non-hydrogen) atoms. The fourth-order valence-corrected chi connectivity index (χ4v) is 2.76. The van der Waals surface area contributed by atoms with Crippen LogP contribution in [-0.4, -0.2) is 38.1 Å². The highest BCUT2D eigenvalue weighted by Crippen LogP contribution is 2.14. The fraction of sp³-hybridized carbons (Fsp3) is 0.250. The molecule has 0 fully saturated rings. The Morgan fingerprint density at radius 2 is 1.82 bits per heavy atom. The first-order chi connectivity index (χ1) is 13.5. The zero-order valence-electron chi connectivity index (χ0n) is 15.6. The van der Waals surface area contributed by atoms with Crippen molar-refractivity contribution in [3.63, 3.8) is 0 Å². The van der Waals surface area contributed by atoms with E-state index in [0.29, 0.717) is 17.0 Å². The molecule has 0 aliphatic rings. The maximum absolute atomic E-state index is 12.2. The number of carbonyl (C=O) groups is 2. The van der Waals surface area contributed by atoms with Crippen molar-refractivity contribution in [3.05, 3.63) is 65.7 Å². The fourth-order valence-electron chi connectivity index (χ4n) is 2.76. The number of carbonyl (C=O) groups excluding carboxylic acids is 2. The number of nitrogens with one attached hydrogen (secondary N) is 1. The Balaban J connectivity index is 1.51. The largest absolute Gasteiger partial charge is 0.366 e. The van der Waals surface area contributed by atoms with Crippen molar-refractivity contribution in [2.45, 2.75) is 32.4 Å². The molecule has 1 aromatic heterocycles. The minimum Gasteiger partial charge on any atom is -0.366 e. The number of amides is 2. The SMILES string of the molecule is C[C@@H](CCc1ccccc1)NC(=O)Cn1nnc(-c2ccc(C(N)=O)cc2)n1. The second-order valence-corrected chi connectivity index (χ2v) is 6.58. The molecule has 1 atom stereocenters. The Bertz CT molecular complexity index is 937. The Hall–Kier alpha value is -3.55. The average molecular weight is 378 g/mol. The van der Waals surface area contributed by atoms with Gasteiger partial charge in [0.2, 0.25) is 17.6 Å². The van der Waals surface area contributed by atoms with E-state index in [-0.39, 0.29) is 18.5 Å². The first kappa shape index (κ1) is 19.2. The van der Waals surface area contributed by atoms with Gasteiger partial charge in [-0.3, -0.25) is 9.59 Å². The molecule has 2 aromatic carbocycles. The summed E-state index contributed by atoms with van der Waals surface area (Å²) in [6.45, 7) is 1.96. The van der Waals surface area contributed by atoms with Crippen LogP contribution in [0.4, 0.5) is 0 Å². The number of aryl methyl sites for hydroxylation is 1. The molecule has 3 N–H and O–H groups in total. The predicted octanol–water partition coefficient (Wildman–Crippen LogP) is 1.58. The van der Waals surface area contributed by atoms with Crippen molar-refractivity contribution < 1.29 is 9.59 Å². The van der Waals surface area contributed by atoms with Crippen molar-refractivity contribution in [1.82, 2.24) is 25.5 Å². The highest BCUT2D eigenvalue weighted by Gasteiger charge is 2.12. The number of hydrogen-bond acceptors (Lipinski definition) is 5. The van der Waals surface area contributed by atoms with Crippen LogP contribution in [0.3, 0.4) is 0 Å². The molecule has 0 spiro atoms. The van der Waals surface area contributed by atoms with Crippen molar-refractivity contribution in [3.8, 4) is 11.4 Å². The lowest BCUT2D eigenvalue weighted by Gasteiger charge is -2.13. The molecule has 0 bridgehead atoms. The first-order valence-electron chi connectivity index (χ1n) is 9.02. The standard InChI is InChI=1S/C20H22N6O2/c1-14(7-8-15-5-3-2-4-6-15)22-18(27)13-26-24-20(23-25-26)17-11-9-16(10-12-17)19(21)28/h2-6,9-12,14H,7-8,13H2,1H3,(H2,21,28)(H,22,27)/t14-/m0/s1. The molecule has 1 heterocycles. The molecule has 0 unspecified atom stereocenters. The summed E-state index contributed by atoms with van der Waals surface area (Å²) in [5.41, 5.74) is 7.56. The van der Waals surface area contributed by atoms with Crippen LogP contribution in [0, 0.1) is 0 Å². The zero-order chi connectivity index (χ0) is 19.9. The molecule has 2 amide bonds. The van der Waals surface area contributed by atoms with E-state index in [1.807, 2.05) is 25.1 Å². The molecule has 0 radical (unpaired) electrons. The van der Waals surface area contributed by atoms with E-state index in [0.717, 1.165) is 12.8 Å². The summed E-state index contributed by atoms with van der Waals surface area (Å²) in [6.07, 6.45) is 1.74. The van der Waals surface area contributed by atoms with Crippen LogP contribution in [0.5, 0.6) is 0 Å². The Labute approximate surface area is 162 Å². The monoisotopic (exact) mass is 378 g/mol. The normalized spacial score (nSPS) is 11.8. The van der Waals surface area contributed by atoms with Crippen LogP contribution in [0.1, 0.15) is 29.3 Å². The number of nitrogens with two attached hydrogens (primary N) is 1. The van der Waals surface area contributed by atoms with Crippen LogP contribution in [0.25, 0.3) is 11.4 Å². The van der Waals surface area contributed by atoms with Gasteiger partial charge in [-0.2, -0.15) is 4.80 Å². The van der Waals surface area contributed by atoms with Gasteiger partial charge in [0, 0.05) is 17.2 Å². The van der Waals surface area contributed by atoms with E-state index >= 15 is 0 Å². The minimum atomic E-state index is -0.499. The third-order valence-electron chi connectivity index (χ3n) is 4.28. The maximum Gasteiger partial charge on any atom is 0.248 e. The van der Waals surface area contributed by atoms with E-state index in [1.165, 1.54) is 10.4 Å². The number of hydrogen-bond donors (Lipinski definition) is 2. The highest BCUT2D eigenvalue weighted by molar-refractivity contribution is 5.93. The van der Waals surface area contributed by atoms with Gasteiger partial charge in [-0.1, -0.05) is 42.5 Å². The van der Waals surface area contributed by atoms with Gasteiger partial charge in [0.1, 0.15) is 6.54 Å². The number of tetrazole rings is 1. The Kier molecular flexibility index (Phi) is 6.11. The quantitative estimate of drug-likeness (QED) is 0.617. The smallest absolute Gasteiger partial charge is 0.248 e. The second-order valence-electron chi connectivity index (χ2n) is 6.58. The van der Waals surface area contributed by atoms with Gasteiger partial charge < -0.3 is 11.1 Å². The summed E-state index contributed by atoms with van der Waals surface area (Å²) in [4.78, 5) is 24.6. The molecular weight excluding hydrogens is 356 g/mol. The lowest BCUT2D eigenvalue weighted by Crippen LogP contribution is -2.35. The van der Waals surface area contributed by atoms with Gasteiger partial charge in [-0.05, 0) is 42.7 Å². The van der Waals surface area contributed by atoms with E-state index in [2.05, 4.69) is 32.9 Å². The third-order valence-corrected chi connectivity index (χ3v) is 4.28. The van der Waals surface area contributed by atoms with Gasteiger partial charge in [0.15, 0.2) is 0 Å². The van der Waals surface area contributed by atoms with E-state index < -0.39 is 5.91 Å². The second kappa shape index (κ2) is 8.90. The van der Waals surface area contributed by atoms with Crippen molar-refractivity contribution in [1.29, 1.82) is 0 Å². The summed E-state index contributed by atoms with van der Waals surface area (Å²) >= 11 is 0. The number of primary amides is 1. The minimum absolute atomic E-state index is 0.0119. The summed E-state index contributed by atoms with van der Waals surface area (Å²) in [6, 6.07) is 16.8. The molecule has 3 rings (SSSR count). The van der Waals surface area contributed by atoms with E-state index in [1.54, 1.807) is 24.3 Å². The first-order valence-corrected chi connectivity index (χ1v) is 9.02. The van der Waals surface area contributed by atoms with Gasteiger partial charge in [-0.25, -0.2) is 0 Å². The molecule has 0 saturated carbocycles. The molecule has 8 nitrogen and oxygen atoms in total. The van der Waals surface area contributed by atoms with E-state index in [9.17, 15) is 9.59 Å². The van der Waals surface area contributed by atoms with Crippen LogP contribution >= 0.6 is 0 Å². The molecule has 8 heteroatoms. The third kappa shape index (κ3) is 5.23. The maximum atomic E-state index is 12.2. The Morgan fingerprint density at radius 3 is 2.50 bits per heavy atom. The lowest BCUT2D eigenvalue weighted by atomic mass is 10.1. The van der Waals surface area contributed by atoms with Gasteiger partial charge >= 0.3 is 0 Å². The molecule has 0 aliphatic carbocycles. The average Bonchev–Trinajstić information content (AvgIpc) is 3.15. The van der Waals surface area contributed by atoms with Gasteiger partial charge in [-0.15, -0.1) is 10.2 Å². The molecular formula is C20H22N6O2. The molecule has 0 saturated heterocycles. The summed E-state index contributed by atoms with van der Waals surface area (Å²) in [7, 11) is 0. The van der Waals surface area contributed by atoms with Crippen molar-refractivity contribution >= 4 is 11.8 Å². The predicted molar refractivity (Wildman–Crippen MR) is 104 cm³/mol.